The van der Waals surface area contributed by atoms with E-state index in [4.69, 9.17) is 4.74 Å². The Kier molecular flexibility index (Phi) is 8.53. The number of halogens is 3. The topological polar surface area (TPSA) is 96.0 Å². The first kappa shape index (κ1) is 29.2. The van der Waals surface area contributed by atoms with Crippen molar-refractivity contribution >= 4 is 22.0 Å². The van der Waals surface area contributed by atoms with E-state index in [1.165, 1.54) is 16.3 Å². The molecule has 0 unspecified atom stereocenters. The van der Waals surface area contributed by atoms with Gasteiger partial charge >= 0.3 is 12.3 Å². The molecule has 4 atom stereocenters. The van der Waals surface area contributed by atoms with Crippen LogP contribution in [-0.2, 0) is 25.7 Å². The third-order valence-electron chi connectivity index (χ3n) is 6.98. The Balaban J connectivity index is 1.68. The highest BCUT2D eigenvalue weighted by molar-refractivity contribution is 7.89. The van der Waals surface area contributed by atoms with Gasteiger partial charge in [0.05, 0.1) is 10.5 Å². The first-order valence-corrected chi connectivity index (χ1v) is 13.9. The predicted molar refractivity (Wildman–Crippen MR) is 131 cm³/mol. The predicted octanol–water partition coefficient (Wildman–Crippen LogP) is 4.26. The van der Waals surface area contributed by atoms with Crippen molar-refractivity contribution in [1.29, 1.82) is 0 Å². The minimum Gasteiger partial charge on any atom is -0.444 e. The van der Waals surface area contributed by atoms with Gasteiger partial charge in [0.2, 0.25) is 15.9 Å². The Hall–Kier alpha value is -2.34. The van der Waals surface area contributed by atoms with Gasteiger partial charge in [0.1, 0.15) is 11.6 Å². The Morgan fingerprint density at radius 1 is 1.14 bits per heavy atom. The van der Waals surface area contributed by atoms with E-state index in [0.717, 1.165) is 30.7 Å². The van der Waals surface area contributed by atoms with Crippen molar-refractivity contribution in [2.75, 3.05) is 20.1 Å². The number of fused-ring (bicyclic) bond motifs is 1. The number of amides is 2. The number of hydrogen-bond acceptors (Lipinski definition) is 5. The van der Waals surface area contributed by atoms with Crippen LogP contribution in [0.2, 0.25) is 0 Å². The first-order valence-electron chi connectivity index (χ1n) is 12.5. The second-order valence-electron chi connectivity index (χ2n) is 10.9. The van der Waals surface area contributed by atoms with Gasteiger partial charge in [0.15, 0.2) is 0 Å². The Labute approximate surface area is 216 Å². The van der Waals surface area contributed by atoms with Crippen LogP contribution in [0.1, 0.15) is 58.9 Å². The summed E-state index contributed by atoms with van der Waals surface area (Å²) in [5.41, 5.74) is -1.62. The number of benzene rings is 1. The highest BCUT2D eigenvalue weighted by atomic mass is 32.2. The van der Waals surface area contributed by atoms with E-state index in [2.05, 4.69) is 5.32 Å². The summed E-state index contributed by atoms with van der Waals surface area (Å²) in [7, 11) is -2.45. The van der Waals surface area contributed by atoms with Crippen molar-refractivity contribution in [2.45, 2.75) is 82.1 Å². The van der Waals surface area contributed by atoms with E-state index in [1.807, 2.05) is 6.92 Å². The molecule has 3 rings (SSSR count). The molecular weight excluding hydrogens is 511 g/mol. The highest BCUT2D eigenvalue weighted by Crippen LogP contribution is 2.40. The molecule has 1 saturated heterocycles. The monoisotopic (exact) mass is 547 g/mol. The average Bonchev–Trinajstić information content (AvgIpc) is 3.38. The second kappa shape index (κ2) is 10.8. The fourth-order valence-corrected chi connectivity index (χ4v) is 6.61. The summed E-state index contributed by atoms with van der Waals surface area (Å²) in [6, 6.07) is 2.49. The summed E-state index contributed by atoms with van der Waals surface area (Å²) in [4.78, 5) is 26.9. The molecule has 0 aromatic heterocycles. The largest absolute Gasteiger partial charge is 0.444 e. The van der Waals surface area contributed by atoms with Crippen molar-refractivity contribution in [2.24, 2.45) is 11.8 Å². The number of nitrogens with one attached hydrogen (secondary N) is 1. The van der Waals surface area contributed by atoms with Crippen molar-refractivity contribution in [1.82, 2.24) is 14.5 Å². The van der Waals surface area contributed by atoms with Crippen molar-refractivity contribution < 1.29 is 35.9 Å². The van der Waals surface area contributed by atoms with E-state index in [1.54, 1.807) is 20.8 Å². The molecule has 12 heteroatoms. The molecule has 2 fully saturated rings. The number of alkyl halides is 3. The number of nitrogens with zero attached hydrogens (tertiary/aromatic N) is 2. The second-order valence-corrected chi connectivity index (χ2v) is 12.8. The van der Waals surface area contributed by atoms with Gasteiger partial charge < -0.3 is 10.1 Å². The number of rotatable bonds is 7. The molecule has 1 aliphatic heterocycles. The fraction of sp³-hybridized carbons (Fsp3) is 0.680. The summed E-state index contributed by atoms with van der Waals surface area (Å²) in [5, 5.41) is 3.03. The molecule has 1 saturated carbocycles. The van der Waals surface area contributed by atoms with Gasteiger partial charge in [-0.3, -0.25) is 9.69 Å². The lowest BCUT2D eigenvalue weighted by Gasteiger charge is -2.31. The Morgan fingerprint density at radius 2 is 1.76 bits per heavy atom. The maximum Gasteiger partial charge on any atom is 0.416 e. The molecule has 1 aromatic carbocycles. The van der Waals surface area contributed by atoms with Crippen molar-refractivity contribution in [3.63, 3.8) is 0 Å². The molecule has 0 radical (unpaired) electrons. The fourth-order valence-electron chi connectivity index (χ4n) is 5.08. The molecule has 1 N–H and O–H groups in total. The van der Waals surface area contributed by atoms with Crippen LogP contribution in [0.3, 0.4) is 0 Å². The van der Waals surface area contributed by atoms with Crippen molar-refractivity contribution in [3.8, 4) is 0 Å². The van der Waals surface area contributed by atoms with Gasteiger partial charge in [0, 0.05) is 26.2 Å². The minimum atomic E-state index is -4.55. The van der Waals surface area contributed by atoms with Crippen LogP contribution in [0.25, 0.3) is 0 Å². The van der Waals surface area contributed by atoms with Crippen LogP contribution in [0, 0.1) is 11.8 Å². The third kappa shape index (κ3) is 6.76. The molecule has 37 heavy (non-hydrogen) atoms. The van der Waals surface area contributed by atoms with Crippen LogP contribution in [-0.4, -0.2) is 67.4 Å². The summed E-state index contributed by atoms with van der Waals surface area (Å²) in [6.07, 6.45) is -2.64. The number of carbonyl (C=O) groups is 2. The zero-order chi connectivity index (χ0) is 27.8. The molecule has 0 spiro atoms. The first-order chi connectivity index (χ1) is 17.0. The van der Waals surface area contributed by atoms with Crippen LogP contribution in [0.4, 0.5) is 18.0 Å². The standard InChI is InChI=1S/C25H36F3N3O5S/c1-6-7-21(30(5)23(33)36-24(2,3)4)22(32)29-20-13-8-16-14-31(15-19(16)20)37(34,35)18-11-9-17(10-12-18)25(26,27)28/h9-12,16,19-21H,6-8,13-15H2,1-5H3,(H,29,32)/t16-,19+,20+,21+/m1/s1. The molecule has 0 bridgehead atoms. The zero-order valence-electron chi connectivity index (χ0n) is 21.8. The number of hydrogen-bond donors (Lipinski definition) is 1. The van der Waals surface area contributed by atoms with Gasteiger partial charge in [-0.2, -0.15) is 17.5 Å². The molecule has 2 aliphatic rings. The quantitative estimate of drug-likeness (QED) is 0.551. The molecule has 1 aliphatic carbocycles. The van der Waals surface area contributed by atoms with Gasteiger partial charge in [-0.1, -0.05) is 13.3 Å². The van der Waals surface area contributed by atoms with E-state index < -0.39 is 39.5 Å². The lowest BCUT2D eigenvalue weighted by Crippen LogP contribution is -2.52. The van der Waals surface area contributed by atoms with Gasteiger partial charge in [0.25, 0.3) is 0 Å². The highest BCUT2D eigenvalue weighted by Gasteiger charge is 2.47. The minimum absolute atomic E-state index is 0.0303. The van der Waals surface area contributed by atoms with E-state index >= 15 is 0 Å². The summed E-state index contributed by atoms with van der Waals surface area (Å²) in [6.45, 7) is 7.57. The molecule has 208 valence electrons. The third-order valence-corrected chi connectivity index (χ3v) is 8.83. The number of likely N-dealkylation sites (N-methyl/N-ethyl adjacent to an activating group) is 1. The van der Waals surface area contributed by atoms with Crippen LogP contribution in [0.15, 0.2) is 29.2 Å². The number of ether oxygens (including phenoxy) is 1. The molecule has 2 amide bonds. The summed E-state index contributed by atoms with van der Waals surface area (Å²) in [5.74, 6) is -0.407. The van der Waals surface area contributed by atoms with E-state index in [0.29, 0.717) is 19.3 Å². The van der Waals surface area contributed by atoms with Crippen LogP contribution in [0.5, 0.6) is 0 Å². The van der Waals surface area contributed by atoms with Gasteiger partial charge in [-0.15, -0.1) is 0 Å². The van der Waals surface area contributed by atoms with Crippen LogP contribution >= 0.6 is 0 Å². The summed E-state index contributed by atoms with van der Waals surface area (Å²) >= 11 is 0. The SMILES string of the molecule is CCC[C@@H](C(=O)N[C@H]1CC[C@@H]2CN(S(=O)(=O)c3ccc(C(F)(F)F)cc3)C[C@@H]21)N(C)C(=O)OC(C)(C)C. The van der Waals surface area contributed by atoms with E-state index in [9.17, 15) is 31.2 Å². The van der Waals surface area contributed by atoms with Gasteiger partial charge in [-0.05, 0) is 76.1 Å². The zero-order valence-corrected chi connectivity index (χ0v) is 22.7. The average molecular weight is 548 g/mol. The molecule has 1 aromatic rings. The maximum absolute atomic E-state index is 13.2. The van der Waals surface area contributed by atoms with Crippen molar-refractivity contribution in [3.05, 3.63) is 29.8 Å². The lowest BCUT2D eigenvalue weighted by molar-refractivity contribution is -0.137. The maximum atomic E-state index is 13.2. The number of sulfonamides is 1. The Morgan fingerprint density at radius 3 is 2.30 bits per heavy atom. The molecule has 1 heterocycles. The Bertz CT molecular complexity index is 1090. The normalized spacial score (nSPS) is 23.4. The molecular formula is C25H36F3N3O5S. The number of carbonyl (C=O) groups excluding carboxylic acids is 2. The van der Waals surface area contributed by atoms with E-state index in [-0.39, 0.29) is 41.8 Å². The smallest absolute Gasteiger partial charge is 0.416 e. The lowest BCUT2D eigenvalue weighted by atomic mass is 9.97. The van der Waals surface area contributed by atoms with Crippen LogP contribution < -0.4 is 5.32 Å². The summed E-state index contributed by atoms with van der Waals surface area (Å²) < 4.78 is 71.6. The van der Waals surface area contributed by atoms with Gasteiger partial charge in [-0.25, -0.2) is 13.2 Å². The molecule has 8 nitrogen and oxygen atoms in total.